The molecule has 0 saturated carbocycles. The summed E-state index contributed by atoms with van der Waals surface area (Å²) in [4.78, 5) is 11.5. The van der Waals surface area contributed by atoms with Gasteiger partial charge in [-0.3, -0.25) is 4.79 Å². The first-order chi connectivity index (χ1) is 8.49. The summed E-state index contributed by atoms with van der Waals surface area (Å²) in [6, 6.07) is 7.59. The molecule has 0 aliphatic heterocycles. The van der Waals surface area contributed by atoms with E-state index in [9.17, 15) is 4.79 Å². The molecule has 18 heavy (non-hydrogen) atoms. The molecule has 1 amide bonds. The van der Waals surface area contributed by atoms with E-state index < -0.39 is 0 Å². The molecular formula is C14H22N2O2. The average molecular weight is 250 g/mol. The lowest BCUT2D eigenvalue weighted by Gasteiger charge is -2.17. The molecule has 1 aromatic rings. The summed E-state index contributed by atoms with van der Waals surface area (Å²) in [5, 5.41) is 2.89. The van der Waals surface area contributed by atoms with Crippen LogP contribution in [0.1, 0.15) is 26.3 Å². The Balaban J connectivity index is 2.25. The predicted octanol–water partition coefficient (Wildman–Crippen LogP) is 1.95. The van der Waals surface area contributed by atoms with Gasteiger partial charge in [-0.15, -0.1) is 0 Å². The average Bonchev–Trinajstić information content (AvgIpc) is 2.31. The Hall–Kier alpha value is -1.55. The van der Waals surface area contributed by atoms with Crippen molar-refractivity contribution < 1.29 is 9.53 Å². The van der Waals surface area contributed by atoms with Crippen molar-refractivity contribution >= 4 is 11.6 Å². The molecule has 0 saturated heterocycles. The van der Waals surface area contributed by atoms with Gasteiger partial charge in [-0.1, -0.05) is 26.0 Å². The van der Waals surface area contributed by atoms with Gasteiger partial charge < -0.3 is 15.8 Å². The van der Waals surface area contributed by atoms with Crippen molar-refractivity contribution in [3.63, 3.8) is 0 Å². The topological polar surface area (TPSA) is 64.3 Å². The fourth-order valence-electron chi connectivity index (χ4n) is 1.34. The lowest BCUT2D eigenvalue weighted by molar-refractivity contribution is -0.127. The van der Waals surface area contributed by atoms with Crippen LogP contribution in [-0.2, 0) is 16.1 Å². The molecule has 3 N–H and O–H groups in total. The van der Waals surface area contributed by atoms with Crippen molar-refractivity contribution in [1.29, 1.82) is 0 Å². The molecule has 4 heteroatoms. The second kappa shape index (κ2) is 7.01. The molecule has 0 aliphatic rings. The Morgan fingerprint density at radius 1 is 1.28 bits per heavy atom. The number of hydrogen-bond acceptors (Lipinski definition) is 3. The molecule has 0 radical (unpaired) electrons. The third-order valence-electron chi connectivity index (χ3n) is 2.87. The molecular weight excluding hydrogens is 228 g/mol. The Morgan fingerprint density at radius 2 is 1.89 bits per heavy atom. The van der Waals surface area contributed by atoms with E-state index in [1.54, 1.807) is 0 Å². The number of anilines is 1. The second-order valence-corrected chi connectivity index (χ2v) is 4.83. The summed E-state index contributed by atoms with van der Waals surface area (Å²) in [5.41, 5.74) is 7.31. The van der Waals surface area contributed by atoms with Crippen LogP contribution in [0.4, 0.5) is 5.69 Å². The van der Waals surface area contributed by atoms with Crippen LogP contribution in [0.2, 0.25) is 0 Å². The highest BCUT2D eigenvalue weighted by Gasteiger charge is 2.10. The van der Waals surface area contributed by atoms with E-state index in [2.05, 4.69) is 19.2 Å². The normalized spacial score (nSPS) is 12.4. The van der Waals surface area contributed by atoms with Crippen molar-refractivity contribution in [2.75, 3.05) is 12.3 Å². The maximum absolute atomic E-state index is 11.5. The van der Waals surface area contributed by atoms with Gasteiger partial charge in [0.15, 0.2) is 0 Å². The van der Waals surface area contributed by atoms with Crippen molar-refractivity contribution in [2.45, 2.75) is 33.4 Å². The van der Waals surface area contributed by atoms with E-state index in [0.717, 1.165) is 11.3 Å². The number of carbonyl (C=O) groups excluding carboxylic acids is 1. The molecule has 0 fully saturated rings. The highest BCUT2D eigenvalue weighted by Crippen LogP contribution is 2.06. The van der Waals surface area contributed by atoms with E-state index in [1.165, 1.54) is 0 Å². The largest absolute Gasteiger partial charge is 0.399 e. The Morgan fingerprint density at radius 3 is 2.44 bits per heavy atom. The van der Waals surface area contributed by atoms with Gasteiger partial charge in [0.25, 0.3) is 0 Å². The van der Waals surface area contributed by atoms with Gasteiger partial charge in [-0.25, -0.2) is 0 Å². The fourth-order valence-corrected chi connectivity index (χ4v) is 1.34. The van der Waals surface area contributed by atoms with Crippen molar-refractivity contribution in [3.8, 4) is 0 Å². The van der Waals surface area contributed by atoms with Gasteiger partial charge in [0.2, 0.25) is 5.91 Å². The maximum Gasteiger partial charge on any atom is 0.246 e. The molecule has 1 aromatic carbocycles. The molecule has 0 spiro atoms. The summed E-state index contributed by atoms with van der Waals surface area (Å²) in [5.74, 6) is 0.345. The van der Waals surface area contributed by atoms with Gasteiger partial charge in [-0.05, 0) is 30.5 Å². The van der Waals surface area contributed by atoms with Crippen LogP contribution in [0.3, 0.4) is 0 Å². The van der Waals surface area contributed by atoms with E-state index in [0.29, 0.717) is 12.5 Å². The van der Waals surface area contributed by atoms with Gasteiger partial charge in [0.1, 0.15) is 6.61 Å². The molecule has 4 nitrogen and oxygen atoms in total. The van der Waals surface area contributed by atoms with Crippen molar-refractivity contribution in [2.24, 2.45) is 5.92 Å². The monoisotopic (exact) mass is 250 g/mol. The Labute approximate surface area is 109 Å². The van der Waals surface area contributed by atoms with E-state index >= 15 is 0 Å². The smallest absolute Gasteiger partial charge is 0.246 e. The van der Waals surface area contributed by atoms with Gasteiger partial charge >= 0.3 is 0 Å². The third-order valence-corrected chi connectivity index (χ3v) is 2.87. The number of benzene rings is 1. The summed E-state index contributed by atoms with van der Waals surface area (Å²) >= 11 is 0. The maximum atomic E-state index is 11.5. The predicted molar refractivity (Wildman–Crippen MR) is 73.0 cm³/mol. The first-order valence-electron chi connectivity index (χ1n) is 6.20. The molecule has 1 unspecified atom stereocenters. The minimum Gasteiger partial charge on any atom is -0.399 e. The molecule has 100 valence electrons. The van der Waals surface area contributed by atoms with Gasteiger partial charge in [0, 0.05) is 11.7 Å². The number of amides is 1. The van der Waals surface area contributed by atoms with Crippen molar-refractivity contribution in [1.82, 2.24) is 5.32 Å². The highest BCUT2D eigenvalue weighted by molar-refractivity contribution is 5.77. The minimum absolute atomic E-state index is 0.0772. The number of nitrogen functional groups attached to an aromatic ring is 1. The SMILES string of the molecule is CC(C)C(C)NC(=O)COCc1ccc(N)cc1. The lowest BCUT2D eigenvalue weighted by Crippen LogP contribution is -2.38. The van der Waals surface area contributed by atoms with Crippen LogP contribution in [0.25, 0.3) is 0 Å². The van der Waals surface area contributed by atoms with Crippen molar-refractivity contribution in [3.05, 3.63) is 29.8 Å². The highest BCUT2D eigenvalue weighted by atomic mass is 16.5. The number of nitrogens with one attached hydrogen (secondary N) is 1. The van der Waals surface area contributed by atoms with Gasteiger partial charge in [-0.2, -0.15) is 0 Å². The van der Waals surface area contributed by atoms with Crippen LogP contribution < -0.4 is 11.1 Å². The number of ether oxygens (including phenoxy) is 1. The molecule has 1 atom stereocenters. The number of carbonyl (C=O) groups is 1. The lowest BCUT2D eigenvalue weighted by atomic mass is 10.1. The first-order valence-corrected chi connectivity index (χ1v) is 6.20. The number of nitrogens with two attached hydrogens (primary N) is 1. The van der Waals surface area contributed by atoms with Crippen LogP contribution >= 0.6 is 0 Å². The van der Waals surface area contributed by atoms with E-state index in [1.807, 2.05) is 31.2 Å². The summed E-state index contributed by atoms with van der Waals surface area (Å²) in [6.07, 6.45) is 0. The summed E-state index contributed by atoms with van der Waals surface area (Å²) in [7, 11) is 0. The zero-order valence-corrected chi connectivity index (χ0v) is 11.3. The van der Waals surface area contributed by atoms with Crippen LogP contribution in [0.5, 0.6) is 0 Å². The molecule has 0 bridgehead atoms. The summed E-state index contributed by atoms with van der Waals surface area (Å²) in [6.45, 7) is 6.63. The molecule has 0 heterocycles. The van der Waals surface area contributed by atoms with E-state index in [4.69, 9.17) is 10.5 Å². The van der Waals surface area contributed by atoms with Crippen LogP contribution in [0.15, 0.2) is 24.3 Å². The third kappa shape index (κ3) is 5.19. The summed E-state index contributed by atoms with van der Waals surface area (Å²) < 4.78 is 5.35. The second-order valence-electron chi connectivity index (χ2n) is 4.83. The van der Waals surface area contributed by atoms with Gasteiger partial charge in [0.05, 0.1) is 6.61 Å². The molecule has 1 rings (SSSR count). The standard InChI is InChI=1S/C14H22N2O2/c1-10(2)11(3)16-14(17)9-18-8-12-4-6-13(15)7-5-12/h4-7,10-11H,8-9,15H2,1-3H3,(H,16,17). The van der Waals surface area contributed by atoms with Crippen LogP contribution in [0, 0.1) is 5.92 Å². The number of hydrogen-bond donors (Lipinski definition) is 2. The zero-order chi connectivity index (χ0) is 13.5. The minimum atomic E-state index is -0.0772. The van der Waals surface area contributed by atoms with E-state index in [-0.39, 0.29) is 18.6 Å². The zero-order valence-electron chi connectivity index (χ0n) is 11.3. The molecule has 0 aliphatic carbocycles. The fraction of sp³-hybridized carbons (Fsp3) is 0.500. The Bertz CT molecular complexity index is 374. The first kappa shape index (κ1) is 14.5. The molecule has 0 aromatic heterocycles. The quantitative estimate of drug-likeness (QED) is 0.758. The Kier molecular flexibility index (Phi) is 5.65. The van der Waals surface area contributed by atoms with Crippen LogP contribution in [-0.4, -0.2) is 18.6 Å². The number of rotatable bonds is 6.